The predicted octanol–water partition coefficient (Wildman–Crippen LogP) is 2.50. The second-order valence-corrected chi connectivity index (χ2v) is 6.17. The highest BCUT2D eigenvalue weighted by molar-refractivity contribution is 5.89. The molecular weight excluding hydrogens is 358 g/mol. The lowest BCUT2D eigenvalue weighted by atomic mass is 10.1. The van der Waals surface area contributed by atoms with Crippen molar-refractivity contribution in [3.63, 3.8) is 0 Å². The topological polar surface area (TPSA) is 98.1 Å². The van der Waals surface area contributed by atoms with Gasteiger partial charge in [-0.05, 0) is 24.1 Å². The monoisotopic (exact) mass is 379 g/mol. The van der Waals surface area contributed by atoms with Crippen LogP contribution in [0.3, 0.4) is 0 Å². The Morgan fingerprint density at radius 2 is 1.75 bits per heavy atom. The third-order valence-corrected chi connectivity index (χ3v) is 4.03. The van der Waals surface area contributed by atoms with E-state index in [2.05, 4.69) is 25.7 Å². The Hall–Kier alpha value is -3.68. The highest BCUT2D eigenvalue weighted by Gasteiger charge is 2.17. The summed E-state index contributed by atoms with van der Waals surface area (Å²) in [5.74, 6) is -0.555. The molecule has 1 atom stereocenters. The lowest BCUT2D eigenvalue weighted by Crippen LogP contribution is -2.42. The molecule has 2 N–H and O–H groups in total. The number of urea groups is 1. The van der Waals surface area contributed by atoms with Crippen LogP contribution in [0.2, 0.25) is 0 Å². The number of ether oxygens (including phenoxy) is 1. The van der Waals surface area contributed by atoms with Crippen molar-refractivity contribution in [2.45, 2.75) is 19.0 Å². The summed E-state index contributed by atoms with van der Waals surface area (Å²) in [6, 6.07) is 18.4. The molecule has 8 heteroatoms. The van der Waals surface area contributed by atoms with Gasteiger partial charge < -0.3 is 15.4 Å². The van der Waals surface area contributed by atoms with Gasteiger partial charge in [-0.3, -0.25) is 0 Å². The highest BCUT2D eigenvalue weighted by Crippen LogP contribution is 2.08. The molecule has 0 aliphatic heterocycles. The summed E-state index contributed by atoms with van der Waals surface area (Å²) in [6.45, 7) is 0.348. The fraction of sp³-hybridized carbons (Fsp3) is 0.200. The quantitative estimate of drug-likeness (QED) is 0.615. The third kappa shape index (κ3) is 5.41. The number of nitrogens with zero attached hydrogens (tertiary/aromatic N) is 3. The molecule has 8 nitrogen and oxygen atoms in total. The van der Waals surface area contributed by atoms with Gasteiger partial charge in [0.1, 0.15) is 0 Å². The highest BCUT2D eigenvalue weighted by atomic mass is 16.5. The largest absolute Gasteiger partial charge is 0.464 e. The number of aromatic nitrogens is 3. The number of hydrogen-bond acceptors (Lipinski definition) is 5. The van der Waals surface area contributed by atoms with Crippen molar-refractivity contribution in [3.8, 4) is 0 Å². The van der Waals surface area contributed by atoms with E-state index in [1.807, 2.05) is 60.7 Å². The molecule has 0 saturated carbocycles. The van der Waals surface area contributed by atoms with Crippen LogP contribution >= 0.6 is 0 Å². The number of benzene rings is 2. The zero-order valence-corrected chi connectivity index (χ0v) is 15.4. The first kappa shape index (κ1) is 19.1. The summed E-state index contributed by atoms with van der Waals surface area (Å²) in [4.78, 5) is 24.0. The fourth-order valence-corrected chi connectivity index (χ4v) is 2.75. The van der Waals surface area contributed by atoms with Crippen molar-refractivity contribution in [1.29, 1.82) is 0 Å². The predicted molar refractivity (Wildman–Crippen MR) is 104 cm³/mol. The maximum Gasteiger partial charge on any atom is 0.360 e. The second kappa shape index (κ2) is 9.31. The number of anilines is 1. The molecule has 0 spiro atoms. The van der Waals surface area contributed by atoms with E-state index in [9.17, 15) is 9.59 Å². The number of nitrogens with one attached hydrogen (secondary N) is 2. The van der Waals surface area contributed by atoms with Crippen LogP contribution in [0.25, 0.3) is 0 Å². The third-order valence-electron chi connectivity index (χ3n) is 4.03. The maximum absolute atomic E-state index is 12.4. The summed E-state index contributed by atoms with van der Waals surface area (Å²) < 4.78 is 6.16. The van der Waals surface area contributed by atoms with Crippen molar-refractivity contribution in [3.05, 3.63) is 78.1 Å². The first-order valence-electron chi connectivity index (χ1n) is 8.79. The Balaban J connectivity index is 1.70. The van der Waals surface area contributed by atoms with E-state index in [1.54, 1.807) is 0 Å². The van der Waals surface area contributed by atoms with E-state index in [0.717, 1.165) is 5.56 Å². The smallest absolute Gasteiger partial charge is 0.360 e. The Labute approximate surface area is 162 Å². The van der Waals surface area contributed by atoms with Crippen LogP contribution in [0.15, 0.2) is 66.9 Å². The van der Waals surface area contributed by atoms with Crippen molar-refractivity contribution < 1.29 is 14.3 Å². The number of amides is 2. The summed E-state index contributed by atoms with van der Waals surface area (Å²) in [7, 11) is 1.29. The molecule has 3 rings (SSSR count). The zero-order chi connectivity index (χ0) is 19.8. The molecule has 3 aromatic rings. The first-order valence-corrected chi connectivity index (χ1v) is 8.79. The van der Waals surface area contributed by atoms with E-state index >= 15 is 0 Å². The number of hydrogen-bond donors (Lipinski definition) is 2. The lowest BCUT2D eigenvalue weighted by molar-refractivity contribution is 0.0594. The molecule has 0 aliphatic carbocycles. The standard InChI is InChI=1S/C20H21N5O3/c1-28-19(26)18-14-25(24-23-18)13-17(12-15-8-4-2-5-9-15)22-20(27)21-16-10-6-3-7-11-16/h2-11,14,17H,12-13H2,1H3,(H2,21,22,27)/t17-/m0/s1. The number of rotatable bonds is 7. The van der Waals surface area contributed by atoms with Gasteiger partial charge in [-0.25, -0.2) is 14.3 Å². The van der Waals surface area contributed by atoms with Crippen LogP contribution in [0, 0.1) is 0 Å². The van der Waals surface area contributed by atoms with Gasteiger partial charge in [-0.2, -0.15) is 0 Å². The molecule has 1 heterocycles. The van der Waals surface area contributed by atoms with Gasteiger partial charge in [0.15, 0.2) is 5.69 Å². The van der Waals surface area contributed by atoms with Crippen LogP contribution in [0.1, 0.15) is 16.1 Å². The lowest BCUT2D eigenvalue weighted by Gasteiger charge is -2.19. The Bertz CT molecular complexity index is 912. The van der Waals surface area contributed by atoms with Crippen LogP contribution in [0.4, 0.5) is 10.5 Å². The number of methoxy groups -OCH3 is 1. The van der Waals surface area contributed by atoms with Gasteiger partial charge in [-0.1, -0.05) is 53.7 Å². The summed E-state index contributed by atoms with van der Waals surface area (Å²) >= 11 is 0. The average Bonchev–Trinajstić information content (AvgIpc) is 3.17. The van der Waals surface area contributed by atoms with E-state index in [4.69, 9.17) is 0 Å². The summed E-state index contributed by atoms with van der Waals surface area (Å²) in [6.07, 6.45) is 2.09. The molecule has 28 heavy (non-hydrogen) atoms. The molecule has 0 radical (unpaired) electrons. The number of carbonyl (C=O) groups is 2. The minimum atomic E-state index is -0.555. The van der Waals surface area contributed by atoms with Gasteiger partial charge >= 0.3 is 12.0 Å². The average molecular weight is 379 g/mol. The molecule has 0 fully saturated rings. The molecule has 144 valence electrons. The summed E-state index contributed by atoms with van der Waals surface area (Å²) in [5.41, 5.74) is 1.89. The Kier molecular flexibility index (Phi) is 6.35. The molecule has 0 unspecified atom stereocenters. The number of esters is 1. The van der Waals surface area contributed by atoms with Crippen LogP contribution in [-0.2, 0) is 17.7 Å². The molecule has 0 aliphatic rings. The molecule has 2 amide bonds. The number of carbonyl (C=O) groups excluding carboxylic acids is 2. The molecule has 0 saturated heterocycles. The normalized spacial score (nSPS) is 11.5. The molecule has 1 aromatic heterocycles. The Morgan fingerprint density at radius 3 is 2.43 bits per heavy atom. The molecular formula is C20H21N5O3. The summed E-state index contributed by atoms with van der Waals surface area (Å²) in [5, 5.41) is 13.5. The number of para-hydroxylation sites is 1. The van der Waals surface area contributed by atoms with Gasteiger partial charge in [0.2, 0.25) is 0 Å². The van der Waals surface area contributed by atoms with E-state index in [-0.39, 0.29) is 17.8 Å². The minimum absolute atomic E-state index is 0.120. The van der Waals surface area contributed by atoms with Crippen LogP contribution in [0.5, 0.6) is 0 Å². The zero-order valence-electron chi connectivity index (χ0n) is 15.4. The van der Waals surface area contributed by atoms with Crippen LogP contribution in [-0.4, -0.2) is 40.1 Å². The van der Waals surface area contributed by atoms with Gasteiger partial charge in [-0.15, -0.1) is 5.10 Å². The fourth-order valence-electron chi connectivity index (χ4n) is 2.75. The van der Waals surface area contributed by atoms with Crippen LogP contribution < -0.4 is 10.6 Å². The van der Waals surface area contributed by atoms with Gasteiger partial charge in [0.25, 0.3) is 0 Å². The Morgan fingerprint density at radius 1 is 1.07 bits per heavy atom. The van der Waals surface area contributed by atoms with Gasteiger partial charge in [0.05, 0.1) is 25.9 Å². The van der Waals surface area contributed by atoms with Gasteiger partial charge in [0, 0.05) is 5.69 Å². The SMILES string of the molecule is COC(=O)c1cn(C[C@H](Cc2ccccc2)NC(=O)Nc2ccccc2)nn1. The van der Waals surface area contributed by atoms with Crippen molar-refractivity contribution in [1.82, 2.24) is 20.3 Å². The molecule has 0 bridgehead atoms. The maximum atomic E-state index is 12.4. The van der Waals surface area contributed by atoms with Crippen molar-refractivity contribution in [2.75, 3.05) is 12.4 Å². The van der Waals surface area contributed by atoms with E-state index < -0.39 is 5.97 Å². The van der Waals surface area contributed by atoms with E-state index in [1.165, 1.54) is 18.0 Å². The first-order chi connectivity index (χ1) is 13.6. The minimum Gasteiger partial charge on any atom is -0.464 e. The molecule has 2 aromatic carbocycles. The van der Waals surface area contributed by atoms with Crippen molar-refractivity contribution in [2.24, 2.45) is 0 Å². The van der Waals surface area contributed by atoms with E-state index in [0.29, 0.717) is 18.7 Å². The second-order valence-electron chi connectivity index (χ2n) is 6.17. The van der Waals surface area contributed by atoms with Crippen molar-refractivity contribution >= 4 is 17.7 Å².